The second kappa shape index (κ2) is 6.27. The maximum Gasteiger partial charge on any atom is 0.161 e. The molecule has 0 aromatic heterocycles. The van der Waals surface area contributed by atoms with E-state index < -0.39 is 0 Å². The molecule has 118 valence electrons. The Morgan fingerprint density at radius 2 is 1.76 bits per heavy atom. The second-order valence-electron chi connectivity index (χ2n) is 7.83. The molecule has 1 aliphatic heterocycles. The number of benzene rings is 1. The van der Waals surface area contributed by atoms with Crippen LogP contribution < -0.4 is 14.8 Å². The van der Waals surface area contributed by atoms with E-state index in [4.69, 9.17) is 9.47 Å². The minimum Gasteiger partial charge on any atom is -0.490 e. The number of ether oxygens (including phenoxy) is 2. The molecule has 0 saturated heterocycles. The Morgan fingerprint density at radius 1 is 1.10 bits per heavy atom. The van der Waals surface area contributed by atoms with Gasteiger partial charge in [0.15, 0.2) is 11.5 Å². The Bertz CT molecular complexity index is 463. The molecule has 0 fully saturated rings. The van der Waals surface area contributed by atoms with Crippen LogP contribution >= 0.6 is 0 Å². The Kier molecular flexibility index (Phi) is 4.82. The summed E-state index contributed by atoms with van der Waals surface area (Å²) in [4.78, 5) is 0. The second-order valence-corrected chi connectivity index (χ2v) is 7.83. The molecule has 0 aliphatic carbocycles. The lowest BCUT2D eigenvalue weighted by molar-refractivity contribution is 0.159. The summed E-state index contributed by atoms with van der Waals surface area (Å²) in [7, 11) is 0. The van der Waals surface area contributed by atoms with E-state index in [2.05, 4.69) is 39.9 Å². The third-order valence-electron chi connectivity index (χ3n) is 3.62. The normalized spacial score (nSPS) is 19.2. The van der Waals surface area contributed by atoms with Crippen molar-refractivity contribution >= 4 is 0 Å². The van der Waals surface area contributed by atoms with E-state index in [9.17, 15) is 0 Å². The van der Waals surface area contributed by atoms with Crippen LogP contribution in [0.2, 0.25) is 0 Å². The van der Waals surface area contributed by atoms with E-state index in [0.29, 0.717) is 12.0 Å². The number of para-hydroxylation sites is 2. The molecule has 2 rings (SSSR count). The lowest BCUT2D eigenvalue weighted by Gasteiger charge is -2.34. The molecule has 1 unspecified atom stereocenters. The Hall–Kier alpha value is -1.22. The molecule has 3 heteroatoms. The van der Waals surface area contributed by atoms with Crippen LogP contribution in [-0.4, -0.2) is 24.8 Å². The quantitative estimate of drug-likeness (QED) is 0.909. The molecule has 1 aromatic rings. The number of rotatable bonds is 4. The largest absolute Gasteiger partial charge is 0.490 e. The number of hydrogen-bond donors (Lipinski definition) is 1. The molecule has 0 spiro atoms. The monoisotopic (exact) mass is 291 g/mol. The fourth-order valence-corrected chi connectivity index (χ4v) is 3.13. The molecule has 0 bridgehead atoms. The Balaban J connectivity index is 1.92. The third kappa shape index (κ3) is 5.24. The molecule has 1 atom stereocenters. The molecule has 0 radical (unpaired) electrons. The van der Waals surface area contributed by atoms with E-state index >= 15 is 0 Å². The van der Waals surface area contributed by atoms with Crippen LogP contribution in [0.5, 0.6) is 11.5 Å². The first-order valence-corrected chi connectivity index (χ1v) is 7.89. The smallest absolute Gasteiger partial charge is 0.161 e. The van der Waals surface area contributed by atoms with Crippen LogP contribution in [0, 0.1) is 5.41 Å². The summed E-state index contributed by atoms with van der Waals surface area (Å²) >= 11 is 0. The molecule has 1 aromatic carbocycles. The van der Waals surface area contributed by atoms with Crippen LogP contribution in [0.4, 0.5) is 0 Å². The fourth-order valence-electron chi connectivity index (χ4n) is 3.13. The standard InChI is InChI=1S/C18H29NO2/c1-17(2,3)13-18(4,5)19-12-14-10-11-20-15-8-6-7-9-16(15)21-14/h6-9,14,19H,10-13H2,1-5H3. The van der Waals surface area contributed by atoms with Crippen molar-refractivity contribution in [3.05, 3.63) is 24.3 Å². The Labute approximate surface area is 129 Å². The van der Waals surface area contributed by atoms with Gasteiger partial charge in [-0.05, 0) is 37.8 Å². The molecule has 1 aliphatic rings. The maximum atomic E-state index is 6.09. The van der Waals surface area contributed by atoms with Crippen molar-refractivity contribution in [1.29, 1.82) is 0 Å². The predicted molar refractivity (Wildman–Crippen MR) is 87.1 cm³/mol. The van der Waals surface area contributed by atoms with E-state index in [0.717, 1.165) is 30.9 Å². The van der Waals surface area contributed by atoms with Gasteiger partial charge in [0.25, 0.3) is 0 Å². The molecular weight excluding hydrogens is 262 g/mol. The first-order valence-electron chi connectivity index (χ1n) is 7.89. The first kappa shape index (κ1) is 16.2. The van der Waals surface area contributed by atoms with Gasteiger partial charge in [0, 0.05) is 18.5 Å². The highest BCUT2D eigenvalue weighted by Gasteiger charge is 2.27. The lowest BCUT2D eigenvalue weighted by atomic mass is 9.82. The summed E-state index contributed by atoms with van der Waals surface area (Å²) in [5.74, 6) is 1.71. The fraction of sp³-hybridized carbons (Fsp3) is 0.667. The number of fused-ring (bicyclic) bond motifs is 1. The highest BCUT2D eigenvalue weighted by molar-refractivity contribution is 5.40. The first-order chi connectivity index (χ1) is 9.75. The molecule has 0 saturated carbocycles. The van der Waals surface area contributed by atoms with Crippen molar-refractivity contribution in [3.63, 3.8) is 0 Å². The average molecular weight is 291 g/mol. The summed E-state index contributed by atoms with van der Waals surface area (Å²) in [5, 5.41) is 3.66. The van der Waals surface area contributed by atoms with Crippen LogP contribution in [0.1, 0.15) is 47.5 Å². The van der Waals surface area contributed by atoms with Crippen LogP contribution in [0.25, 0.3) is 0 Å². The van der Waals surface area contributed by atoms with Gasteiger partial charge in [-0.1, -0.05) is 32.9 Å². The van der Waals surface area contributed by atoms with Crippen LogP contribution in [0.3, 0.4) is 0 Å². The van der Waals surface area contributed by atoms with Crippen molar-refractivity contribution in [3.8, 4) is 11.5 Å². The van der Waals surface area contributed by atoms with Gasteiger partial charge in [-0.2, -0.15) is 0 Å². The van der Waals surface area contributed by atoms with E-state index in [1.807, 2.05) is 24.3 Å². The highest BCUT2D eigenvalue weighted by Crippen LogP contribution is 2.31. The summed E-state index contributed by atoms with van der Waals surface area (Å²) in [6, 6.07) is 7.91. The summed E-state index contributed by atoms with van der Waals surface area (Å²) in [6.45, 7) is 12.9. The minimum atomic E-state index is 0.105. The predicted octanol–water partition coefficient (Wildman–Crippen LogP) is 4.02. The molecule has 21 heavy (non-hydrogen) atoms. The van der Waals surface area contributed by atoms with Gasteiger partial charge in [-0.25, -0.2) is 0 Å². The third-order valence-corrected chi connectivity index (χ3v) is 3.62. The van der Waals surface area contributed by atoms with Gasteiger partial charge in [-0.15, -0.1) is 0 Å². The maximum absolute atomic E-state index is 6.09. The van der Waals surface area contributed by atoms with E-state index in [1.54, 1.807) is 0 Å². The zero-order chi connectivity index (χ0) is 15.5. The van der Waals surface area contributed by atoms with Crippen molar-refractivity contribution in [2.45, 2.75) is 59.1 Å². The summed E-state index contributed by atoms with van der Waals surface area (Å²) in [6.07, 6.45) is 2.19. The average Bonchev–Trinajstić information content (AvgIpc) is 2.55. The van der Waals surface area contributed by atoms with Gasteiger partial charge in [-0.3, -0.25) is 0 Å². The van der Waals surface area contributed by atoms with Crippen molar-refractivity contribution < 1.29 is 9.47 Å². The minimum absolute atomic E-state index is 0.105. The molecular formula is C18H29NO2. The van der Waals surface area contributed by atoms with Crippen molar-refractivity contribution in [1.82, 2.24) is 5.32 Å². The zero-order valence-electron chi connectivity index (χ0n) is 14.0. The van der Waals surface area contributed by atoms with Gasteiger partial charge in [0.1, 0.15) is 6.10 Å². The SMILES string of the molecule is CC(C)(C)CC(C)(C)NCC1CCOc2ccccc2O1. The summed E-state index contributed by atoms with van der Waals surface area (Å²) < 4.78 is 11.8. The molecule has 0 amide bonds. The molecule has 3 nitrogen and oxygen atoms in total. The summed E-state index contributed by atoms with van der Waals surface area (Å²) in [5.41, 5.74) is 0.421. The van der Waals surface area contributed by atoms with Crippen LogP contribution in [0.15, 0.2) is 24.3 Å². The molecule has 1 heterocycles. The van der Waals surface area contributed by atoms with Gasteiger partial charge in [0.2, 0.25) is 0 Å². The van der Waals surface area contributed by atoms with E-state index in [1.165, 1.54) is 0 Å². The zero-order valence-corrected chi connectivity index (χ0v) is 14.0. The highest BCUT2D eigenvalue weighted by atomic mass is 16.5. The lowest BCUT2D eigenvalue weighted by Crippen LogP contribution is -2.46. The van der Waals surface area contributed by atoms with Gasteiger partial charge < -0.3 is 14.8 Å². The topological polar surface area (TPSA) is 30.5 Å². The van der Waals surface area contributed by atoms with Crippen LogP contribution in [-0.2, 0) is 0 Å². The van der Waals surface area contributed by atoms with Gasteiger partial charge in [0.05, 0.1) is 6.61 Å². The number of hydrogen-bond acceptors (Lipinski definition) is 3. The van der Waals surface area contributed by atoms with E-state index in [-0.39, 0.29) is 11.6 Å². The van der Waals surface area contributed by atoms with Crippen molar-refractivity contribution in [2.75, 3.05) is 13.2 Å². The number of nitrogens with one attached hydrogen (secondary N) is 1. The van der Waals surface area contributed by atoms with Crippen molar-refractivity contribution in [2.24, 2.45) is 5.41 Å². The molecule has 1 N–H and O–H groups in total. The Morgan fingerprint density at radius 3 is 2.43 bits per heavy atom. The van der Waals surface area contributed by atoms with Gasteiger partial charge >= 0.3 is 0 Å².